The molecule has 0 radical (unpaired) electrons. The third-order valence-corrected chi connectivity index (χ3v) is 10.6. The monoisotopic (exact) mass is 616 g/mol. The topological polar surface area (TPSA) is 114 Å². The molecule has 0 bridgehead atoms. The van der Waals surface area contributed by atoms with E-state index < -0.39 is 7.60 Å². The largest absolute Gasteiger partial charge is 0.466 e. The molecule has 2 aliphatic carbocycles. The molecule has 3 aliphatic rings. The van der Waals surface area contributed by atoms with Crippen LogP contribution in [0.5, 0.6) is 0 Å². The van der Waals surface area contributed by atoms with Gasteiger partial charge in [0.15, 0.2) is 0 Å². The molecular weight excluding hydrogens is 559 g/mol. The van der Waals surface area contributed by atoms with Crippen LogP contribution in [0.1, 0.15) is 92.9 Å². The summed E-state index contributed by atoms with van der Waals surface area (Å²) in [5.41, 5.74) is 0.0631. The molecular formula is C31H57N2O8P. The summed E-state index contributed by atoms with van der Waals surface area (Å²) < 4.78 is 46.8. The van der Waals surface area contributed by atoms with Gasteiger partial charge in [0.05, 0.1) is 32.0 Å². The van der Waals surface area contributed by atoms with Crippen molar-refractivity contribution in [3.8, 4) is 0 Å². The lowest BCUT2D eigenvalue weighted by molar-refractivity contribution is -0.0752. The Bertz CT molecular complexity index is 907. The van der Waals surface area contributed by atoms with Gasteiger partial charge in [0, 0.05) is 19.2 Å². The van der Waals surface area contributed by atoms with E-state index in [1.165, 1.54) is 0 Å². The van der Waals surface area contributed by atoms with E-state index in [2.05, 4.69) is 44.9 Å². The number of amides is 1. The minimum Gasteiger partial charge on any atom is -0.466 e. The van der Waals surface area contributed by atoms with Crippen molar-refractivity contribution in [1.82, 2.24) is 10.6 Å². The molecule has 1 amide bonds. The van der Waals surface area contributed by atoms with Gasteiger partial charge < -0.3 is 38.6 Å². The van der Waals surface area contributed by atoms with Crippen LogP contribution in [0.4, 0.5) is 4.79 Å². The Labute approximate surface area is 253 Å². The average molecular weight is 617 g/mol. The first-order chi connectivity index (χ1) is 19.8. The quantitative estimate of drug-likeness (QED) is 0.150. The lowest BCUT2D eigenvalue weighted by Gasteiger charge is -2.47. The molecule has 3 fully saturated rings. The maximum Gasteiger partial charge on any atom is 0.407 e. The number of rotatable bonds is 16. The number of nitrogens with one attached hydrogen (secondary N) is 2. The molecule has 10 nitrogen and oxygen atoms in total. The van der Waals surface area contributed by atoms with Crippen LogP contribution in [0.2, 0.25) is 0 Å². The molecule has 0 spiro atoms. The van der Waals surface area contributed by atoms with Crippen molar-refractivity contribution in [2.45, 2.75) is 117 Å². The molecule has 1 saturated heterocycles. The van der Waals surface area contributed by atoms with Crippen molar-refractivity contribution in [2.75, 3.05) is 45.7 Å². The number of hydrogen-bond acceptors (Lipinski definition) is 9. The third kappa shape index (κ3) is 11.7. The second-order valence-corrected chi connectivity index (χ2v) is 15.7. The fourth-order valence-corrected chi connectivity index (χ4v) is 8.72. The minimum absolute atomic E-state index is 0.0706. The molecule has 6 unspecified atom stereocenters. The molecule has 6 atom stereocenters. The van der Waals surface area contributed by atoms with Gasteiger partial charge in [-0.05, 0) is 82.0 Å². The zero-order valence-electron chi connectivity index (χ0n) is 26.9. The maximum atomic E-state index is 13.0. The molecule has 0 aromatic rings. The molecule has 42 heavy (non-hydrogen) atoms. The summed E-state index contributed by atoms with van der Waals surface area (Å²) in [4.78, 5) is 13.0. The standard InChI is InChI=1S/C31H57N2O8P/c1-8-38-42(35,39-9-2)15-11-10-14-36-27-16-23(3)12-13-26(27)41-29(34)33-22-31(7)18-25(17-30(5,6)21-31)32-19-28-37-20-24(4)40-28/h23,25-28,32H,4,8-22H2,1-3,5-7H3,(H,33,34). The van der Waals surface area contributed by atoms with Crippen LogP contribution in [0, 0.1) is 16.7 Å². The van der Waals surface area contributed by atoms with Gasteiger partial charge in [-0.1, -0.05) is 34.3 Å². The molecule has 3 rings (SSSR count). The zero-order valence-corrected chi connectivity index (χ0v) is 27.8. The van der Waals surface area contributed by atoms with Crippen molar-refractivity contribution in [2.24, 2.45) is 16.7 Å². The van der Waals surface area contributed by atoms with E-state index in [9.17, 15) is 9.36 Å². The van der Waals surface area contributed by atoms with E-state index in [0.717, 1.165) is 44.9 Å². The second kappa shape index (κ2) is 16.2. The van der Waals surface area contributed by atoms with Gasteiger partial charge in [-0.15, -0.1) is 0 Å². The van der Waals surface area contributed by atoms with E-state index in [1.54, 1.807) is 0 Å². The van der Waals surface area contributed by atoms with E-state index in [4.69, 9.17) is 28.0 Å². The predicted molar refractivity (Wildman–Crippen MR) is 163 cm³/mol. The summed E-state index contributed by atoms with van der Waals surface area (Å²) in [6.07, 6.45) is 6.38. The molecule has 2 saturated carbocycles. The Hall–Kier alpha value is -1.16. The van der Waals surface area contributed by atoms with Crippen LogP contribution >= 0.6 is 7.60 Å². The first-order valence-electron chi connectivity index (χ1n) is 16.0. The van der Waals surface area contributed by atoms with E-state index in [1.807, 2.05) is 13.8 Å². The molecule has 11 heteroatoms. The second-order valence-electron chi connectivity index (χ2n) is 13.6. The number of hydrogen-bond donors (Lipinski definition) is 2. The fraction of sp³-hybridized carbons (Fsp3) is 0.903. The predicted octanol–water partition coefficient (Wildman–Crippen LogP) is 6.39. The van der Waals surface area contributed by atoms with Crippen LogP contribution in [0.15, 0.2) is 12.3 Å². The Morgan fingerprint density at radius 3 is 2.50 bits per heavy atom. The minimum atomic E-state index is -3.03. The van der Waals surface area contributed by atoms with Crippen LogP contribution < -0.4 is 10.6 Å². The van der Waals surface area contributed by atoms with E-state index >= 15 is 0 Å². The van der Waals surface area contributed by atoms with Crippen molar-refractivity contribution in [3.63, 3.8) is 0 Å². The molecule has 1 aliphatic heterocycles. The molecule has 244 valence electrons. The highest BCUT2D eigenvalue weighted by molar-refractivity contribution is 7.53. The van der Waals surface area contributed by atoms with Crippen LogP contribution in [0.3, 0.4) is 0 Å². The fourth-order valence-electron chi connectivity index (χ4n) is 6.99. The highest BCUT2D eigenvalue weighted by Crippen LogP contribution is 2.49. The summed E-state index contributed by atoms with van der Waals surface area (Å²) in [5, 5.41) is 6.71. The van der Waals surface area contributed by atoms with Gasteiger partial charge in [0.1, 0.15) is 18.5 Å². The number of carbonyl (C=O) groups excluding carboxylic acids is 1. The van der Waals surface area contributed by atoms with Crippen LogP contribution in [-0.4, -0.2) is 76.3 Å². The van der Waals surface area contributed by atoms with Crippen LogP contribution in [0.25, 0.3) is 0 Å². The number of ether oxygens (including phenoxy) is 4. The van der Waals surface area contributed by atoms with Gasteiger partial charge >= 0.3 is 13.7 Å². The number of carbonyl (C=O) groups is 1. The van der Waals surface area contributed by atoms with Gasteiger partial charge in [-0.25, -0.2) is 4.79 Å². The Morgan fingerprint density at radius 1 is 1.10 bits per heavy atom. The summed E-state index contributed by atoms with van der Waals surface area (Å²) in [5.74, 6) is 1.19. The Balaban J connectivity index is 1.44. The van der Waals surface area contributed by atoms with E-state index in [0.29, 0.717) is 69.8 Å². The smallest absolute Gasteiger partial charge is 0.407 e. The first kappa shape index (κ1) is 35.3. The van der Waals surface area contributed by atoms with Gasteiger partial charge in [0.2, 0.25) is 6.29 Å². The lowest BCUT2D eigenvalue weighted by Crippen LogP contribution is -2.51. The maximum absolute atomic E-state index is 13.0. The number of alkyl carbamates (subject to hydrolysis) is 1. The highest BCUT2D eigenvalue weighted by atomic mass is 31.2. The highest BCUT2D eigenvalue weighted by Gasteiger charge is 2.42. The van der Waals surface area contributed by atoms with Crippen molar-refractivity contribution in [1.29, 1.82) is 0 Å². The van der Waals surface area contributed by atoms with Gasteiger partial charge in [-0.2, -0.15) is 0 Å². The molecule has 2 N–H and O–H groups in total. The molecule has 0 aromatic carbocycles. The average Bonchev–Trinajstić information content (AvgIpc) is 3.32. The Morgan fingerprint density at radius 2 is 1.83 bits per heavy atom. The van der Waals surface area contributed by atoms with Crippen LogP contribution in [-0.2, 0) is 32.6 Å². The third-order valence-electron chi connectivity index (χ3n) is 8.47. The normalized spacial score (nSPS) is 31.5. The summed E-state index contributed by atoms with van der Waals surface area (Å²) in [6, 6.07) is 0.297. The van der Waals surface area contributed by atoms with Gasteiger partial charge in [-0.3, -0.25) is 4.57 Å². The van der Waals surface area contributed by atoms with Gasteiger partial charge in [0.25, 0.3) is 0 Å². The zero-order chi connectivity index (χ0) is 30.8. The van der Waals surface area contributed by atoms with E-state index in [-0.39, 0.29) is 35.4 Å². The van der Waals surface area contributed by atoms with Crippen molar-refractivity contribution in [3.05, 3.63) is 12.3 Å². The molecule has 0 aromatic heterocycles. The number of unbranched alkanes of at least 4 members (excludes halogenated alkanes) is 1. The Kier molecular flexibility index (Phi) is 13.7. The SMILES string of the molecule is C=C1COC(CNC2CC(C)(C)CC(C)(CNC(=O)OC3CCC(C)CC3OCCCCP(=O)(OCC)OCC)C2)O1. The first-order valence-corrected chi connectivity index (χ1v) is 17.7. The lowest BCUT2D eigenvalue weighted by atomic mass is 9.62. The molecule has 1 heterocycles. The van der Waals surface area contributed by atoms with Crippen molar-refractivity contribution >= 4 is 13.7 Å². The summed E-state index contributed by atoms with van der Waals surface area (Å²) in [7, 11) is -3.03. The summed E-state index contributed by atoms with van der Waals surface area (Å²) in [6.45, 7) is 19.4. The summed E-state index contributed by atoms with van der Waals surface area (Å²) >= 11 is 0. The van der Waals surface area contributed by atoms with Crippen molar-refractivity contribution < 1.29 is 37.4 Å².